The Labute approximate surface area is 162 Å². The number of hydrogen-bond acceptors (Lipinski definition) is 6. The summed E-state index contributed by atoms with van der Waals surface area (Å²) in [6.07, 6.45) is 0. The van der Waals surface area contributed by atoms with Gasteiger partial charge in [0, 0.05) is 33.0 Å². The second-order valence-corrected chi connectivity index (χ2v) is 8.54. The summed E-state index contributed by atoms with van der Waals surface area (Å²) in [6, 6.07) is 10.2. The van der Waals surface area contributed by atoms with E-state index in [1.807, 2.05) is 11.4 Å². The summed E-state index contributed by atoms with van der Waals surface area (Å²) in [7, 11) is 0. The van der Waals surface area contributed by atoms with Crippen LogP contribution in [0.4, 0.5) is 4.39 Å². The molecule has 0 aliphatic carbocycles. The van der Waals surface area contributed by atoms with Crippen LogP contribution < -0.4 is 5.32 Å². The van der Waals surface area contributed by atoms with Crippen molar-refractivity contribution in [3.05, 3.63) is 57.3 Å². The van der Waals surface area contributed by atoms with Crippen LogP contribution >= 0.6 is 34.4 Å². The number of carbonyl (C=O) groups is 2. The van der Waals surface area contributed by atoms with Gasteiger partial charge in [0.1, 0.15) is 10.7 Å². The van der Waals surface area contributed by atoms with Gasteiger partial charge in [-0.3, -0.25) is 4.79 Å². The predicted molar refractivity (Wildman–Crippen MR) is 106 cm³/mol. The molecule has 0 bridgehead atoms. The van der Waals surface area contributed by atoms with Gasteiger partial charge < -0.3 is 10.1 Å². The minimum absolute atomic E-state index is 0.282. The van der Waals surface area contributed by atoms with Gasteiger partial charge in [-0.1, -0.05) is 12.1 Å². The Hall–Kier alpha value is -1.90. The fourth-order valence-electron chi connectivity index (χ4n) is 2.21. The van der Waals surface area contributed by atoms with Crippen molar-refractivity contribution >= 4 is 56.4 Å². The Bertz CT molecular complexity index is 892. The second kappa shape index (κ2) is 9.16. The summed E-state index contributed by atoms with van der Waals surface area (Å²) in [4.78, 5) is 25.3. The topological polar surface area (TPSA) is 55.4 Å². The Morgan fingerprint density at radius 2 is 2.12 bits per heavy atom. The third-order valence-electron chi connectivity index (χ3n) is 3.44. The maximum Gasteiger partial charge on any atom is 0.348 e. The lowest BCUT2D eigenvalue weighted by molar-refractivity contribution is -0.124. The zero-order chi connectivity index (χ0) is 18.4. The normalized spacial score (nSPS) is 10.8. The van der Waals surface area contributed by atoms with Crippen molar-refractivity contribution in [2.24, 2.45) is 0 Å². The quantitative estimate of drug-likeness (QED) is 0.445. The van der Waals surface area contributed by atoms with E-state index in [1.54, 1.807) is 35.2 Å². The van der Waals surface area contributed by atoms with Crippen molar-refractivity contribution in [2.75, 3.05) is 18.9 Å². The first kappa shape index (κ1) is 18.9. The molecule has 0 saturated carbocycles. The molecular weight excluding hydrogens is 393 g/mol. The highest BCUT2D eigenvalue weighted by Gasteiger charge is 2.15. The molecule has 0 atom stereocenters. The van der Waals surface area contributed by atoms with E-state index in [2.05, 4.69) is 11.4 Å². The fraction of sp³-hybridized carbons (Fsp3) is 0.222. The number of thiophene rings is 2. The Morgan fingerprint density at radius 1 is 1.23 bits per heavy atom. The van der Waals surface area contributed by atoms with Crippen molar-refractivity contribution in [3.63, 3.8) is 0 Å². The number of rotatable bonds is 8. The number of carbonyl (C=O) groups excluding carboxylic acids is 2. The molecule has 1 N–H and O–H groups in total. The number of thioether (sulfide) groups is 1. The molecule has 26 heavy (non-hydrogen) atoms. The Kier molecular flexibility index (Phi) is 6.65. The van der Waals surface area contributed by atoms with Gasteiger partial charge in [0.25, 0.3) is 5.91 Å². The van der Waals surface area contributed by atoms with Gasteiger partial charge in [-0.2, -0.15) is 11.8 Å². The average Bonchev–Trinajstić information content (AvgIpc) is 3.29. The molecule has 0 aliphatic rings. The lowest BCUT2D eigenvalue weighted by atomic mass is 10.2. The highest BCUT2D eigenvalue weighted by Crippen LogP contribution is 2.28. The fourth-order valence-corrected chi connectivity index (χ4v) is 4.88. The van der Waals surface area contributed by atoms with Crippen LogP contribution in [0.2, 0.25) is 0 Å². The summed E-state index contributed by atoms with van der Waals surface area (Å²) in [6.45, 7) is 0.172. The van der Waals surface area contributed by atoms with E-state index >= 15 is 0 Å². The number of hydrogen-bond donors (Lipinski definition) is 1. The zero-order valence-electron chi connectivity index (χ0n) is 13.7. The van der Waals surface area contributed by atoms with Gasteiger partial charge in [0.05, 0.1) is 0 Å². The Balaban J connectivity index is 1.38. The molecule has 0 radical (unpaired) electrons. The summed E-state index contributed by atoms with van der Waals surface area (Å²) >= 11 is 4.59. The number of ether oxygens (including phenoxy) is 1. The lowest BCUT2D eigenvalue weighted by Crippen LogP contribution is -2.30. The van der Waals surface area contributed by atoms with Gasteiger partial charge in [-0.15, -0.1) is 22.7 Å². The van der Waals surface area contributed by atoms with E-state index < -0.39 is 5.97 Å². The van der Waals surface area contributed by atoms with E-state index in [0.29, 0.717) is 16.6 Å². The maximum atomic E-state index is 13.7. The molecule has 8 heteroatoms. The van der Waals surface area contributed by atoms with E-state index in [-0.39, 0.29) is 23.2 Å². The van der Waals surface area contributed by atoms with E-state index in [1.165, 1.54) is 17.0 Å². The molecule has 0 fully saturated rings. The molecule has 3 aromatic rings. The second-order valence-electron chi connectivity index (χ2n) is 5.32. The summed E-state index contributed by atoms with van der Waals surface area (Å²) in [5.41, 5.74) is 0. The summed E-state index contributed by atoms with van der Waals surface area (Å²) in [5, 5.41) is 5.14. The van der Waals surface area contributed by atoms with Crippen LogP contribution in [0.15, 0.2) is 41.8 Å². The van der Waals surface area contributed by atoms with Crippen molar-refractivity contribution < 1.29 is 18.7 Å². The van der Waals surface area contributed by atoms with E-state index in [0.717, 1.165) is 22.8 Å². The molecule has 136 valence electrons. The van der Waals surface area contributed by atoms with Crippen molar-refractivity contribution in [1.82, 2.24) is 5.32 Å². The van der Waals surface area contributed by atoms with Crippen LogP contribution in [0, 0.1) is 5.82 Å². The first-order valence-corrected chi connectivity index (χ1v) is 10.7. The van der Waals surface area contributed by atoms with Gasteiger partial charge >= 0.3 is 5.97 Å². The van der Waals surface area contributed by atoms with Gasteiger partial charge in [0.2, 0.25) is 0 Å². The Morgan fingerprint density at radius 3 is 2.88 bits per heavy atom. The minimum atomic E-state index is -0.618. The first-order chi connectivity index (χ1) is 12.6. The van der Waals surface area contributed by atoms with Crippen LogP contribution in [0.25, 0.3) is 10.1 Å². The molecule has 0 saturated heterocycles. The third-order valence-corrected chi connectivity index (χ3v) is 6.58. The molecule has 1 amide bonds. The zero-order valence-corrected chi connectivity index (χ0v) is 16.1. The number of benzene rings is 1. The van der Waals surface area contributed by atoms with Crippen LogP contribution in [0.3, 0.4) is 0 Å². The average molecular weight is 410 g/mol. The standard InChI is InChI=1S/C18H16FNO3S3/c19-14-4-1-5-15-13(14)9-16(26-15)18(22)23-10-17(21)20-6-8-24-11-12-3-2-7-25-12/h1-5,7,9H,6,8,10-11H2,(H,20,21). The summed E-state index contributed by atoms with van der Waals surface area (Å²) < 4.78 is 19.3. The highest BCUT2D eigenvalue weighted by atomic mass is 32.2. The SMILES string of the molecule is O=C(COC(=O)c1cc2c(F)cccc2s1)NCCSCc1cccs1. The number of amides is 1. The molecule has 2 aromatic heterocycles. The molecule has 4 nitrogen and oxygen atoms in total. The molecule has 3 rings (SSSR count). The molecule has 0 unspecified atom stereocenters. The number of esters is 1. The number of halogens is 1. The van der Waals surface area contributed by atoms with Crippen LogP contribution in [0.5, 0.6) is 0 Å². The van der Waals surface area contributed by atoms with Crippen LogP contribution in [-0.4, -0.2) is 30.8 Å². The number of nitrogens with one attached hydrogen (secondary N) is 1. The lowest BCUT2D eigenvalue weighted by Gasteiger charge is -2.05. The highest BCUT2D eigenvalue weighted by molar-refractivity contribution is 7.98. The van der Waals surface area contributed by atoms with Crippen molar-refractivity contribution in [2.45, 2.75) is 5.75 Å². The predicted octanol–water partition coefficient (Wildman–Crippen LogP) is 4.31. The van der Waals surface area contributed by atoms with Gasteiger partial charge in [0.15, 0.2) is 6.61 Å². The van der Waals surface area contributed by atoms with Gasteiger partial charge in [-0.25, -0.2) is 9.18 Å². The van der Waals surface area contributed by atoms with Crippen LogP contribution in [0.1, 0.15) is 14.5 Å². The molecule has 0 spiro atoms. The maximum absolute atomic E-state index is 13.7. The molecule has 1 aromatic carbocycles. The molecular formula is C18H16FNO3S3. The summed E-state index contributed by atoms with van der Waals surface area (Å²) in [5.74, 6) is 0.365. The van der Waals surface area contributed by atoms with Crippen molar-refractivity contribution in [3.8, 4) is 0 Å². The van der Waals surface area contributed by atoms with E-state index in [4.69, 9.17) is 4.74 Å². The monoisotopic (exact) mass is 409 g/mol. The molecule has 0 aliphatic heterocycles. The third kappa shape index (κ3) is 5.06. The largest absolute Gasteiger partial charge is 0.451 e. The van der Waals surface area contributed by atoms with Gasteiger partial charge in [-0.05, 0) is 29.6 Å². The van der Waals surface area contributed by atoms with Crippen molar-refractivity contribution in [1.29, 1.82) is 0 Å². The van der Waals surface area contributed by atoms with Crippen LogP contribution in [-0.2, 0) is 15.3 Å². The van der Waals surface area contributed by atoms with E-state index in [9.17, 15) is 14.0 Å². The first-order valence-electron chi connectivity index (χ1n) is 7.85. The molecule has 2 heterocycles. The smallest absolute Gasteiger partial charge is 0.348 e. The minimum Gasteiger partial charge on any atom is -0.451 e. The number of fused-ring (bicyclic) bond motifs is 1.